The van der Waals surface area contributed by atoms with Crippen LogP contribution in [0.2, 0.25) is 0 Å². The zero-order valence-corrected chi connectivity index (χ0v) is 18.1. The van der Waals surface area contributed by atoms with Crippen molar-refractivity contribution >= 4 is 31.4 Å². The summed E-state index contributed by atoms with van der Waals surface area (Å²) in [6, 6.07) is 6.93. The van der Waals surface area contributed by atoms with Gasteiger partial charge < -0.3 is 0 Å². The van der Waals surface area contributed by atoms with Crippen LogP contribution in [0, 0.1) is 34.1 Å². The molecule has 0 amide bonds. The first-order chi connectivity index (χ1) is 14.4. The van der Waals surface area contributed by atoms with Crippen molar-refractivity contribution in [3.05, 3.63) is 67.8 Å². The first-order valence-electron chi connectivity index (χ1n) is 8.86. The number of nitro benzene ring substituents is 2. The third-order valence-corrected chi connectivity index (χ3v) is 8.60. The normalized spacial score (nSPS) is 15.8. The predicted molar refractivity (Wildman–Crippen MR) is 108 cm³/mol. The molecule has 1 aliphatic rings. The van der Waals surface area contributed by atoms with Crippen LogP contribution < -0.4 is 0 Å². The molecule has 0 spiro atoms. The van der Waals surface area contributed by atoms with E-state index >= 15 is 0 Å². The van der Waals surface area contributed by atoms with Gasteiger partial charge in [0.05, 0.1) is 26.3 Å². The van der Waals surface area contributed by atoms with Crippen LogP contribution in [0.5, 0.6) is 0 Å². The van der Waals surface area contributed by atoms with E-state index in [1.54, 1.807) is 0 Å². The van der Waals surface area contributed by atoms with E-state index < -0.39 is 36.6 Å². The molecule has 0 aliphatic carbocycles. The summed E-state index contributed by atoms with van der Waals surface area (Å²) in [6.07, 6.45) is 0. The number of hydrogen-bond donors (Lipinski definition) is 0. The molecule has 3 rings (SSSR count). The van der Waals surface area contributed by atoms with Crippen LogP contribution in [0.15, 0.2) is 46.2 Å². The molecule has 1 heterocycles. The van der Waals surface area contributed by atoms with Gasteiger partial charge in [-0.2, -0.15) is 8.61 Å². The van der Waals surface area contributed by atoms with E-state index in [-0.39, 0.29) is 45.4 Å². The van der Waals surface area contributed by atoms with Gasteiger partial charge in [0.25, 0.3) is 11.4 Å². The Bertz CT molecular complexity index is 1190. The smallest absolute Gasteiger partial charge is 0.258 e. The molecule has 14 heteroatoms. The van der Waals surface area contributed by atoms with Crippen LogP contribution >= 0.6 is 0 Å². The van der Waals surface area contributed by atoms with Crippen LogP contribution in [0.3, 0.4) is 0 Å². The van der Waals surface area contributed by atoms with E-state index in [4.69, 9.17) is 0 Å². The van der Waals surface area contributed by atoms with Gasteiger partial charge in [0.2, 0.25) is 20.0 Å². The van der Waals surface area contributed by atoms with Crippen LogP contribution in [0.25, 0.3) is 0 Å². The molecule has 1 saturated heterocycles. The Morgan fingerprint density at radius 1 is 0.742 bits per heavy atom. The lowest BCUT2D eigenvalue weighted by atomic mass is 10.2. The highest BCUT2D eigenvalue weighted by atomic mass is 32.2. The van der Waals surface area contributed by atoms with Crippen LogP contribution in [-0.2, 0) is 20.0 Å². The molecular weight excluding hydrogens is 452 g/mol. The van der Waals surface area contributed by atoms with E-state index in [0.29, 0.717) is 0 Å². The van der Waals surface area contributed by atoms with Crippen molar-refractivity contribution in [2.24, 2.45) is 0 Å². The largest absolute Gasteiger partial charge is 0.273 e. The van der Waals surface area contributed by atoms with Crippen LogP contribution in [-0.4, -0.2) is 55.1 Å². The summed E-state index contributed by atoms with van der Waals surface area (Å²) in [5, 5.41) is 22.2. The van der Waals surface area contributed by atoms with Crippen molar-refractivity contribution < 1.29 is 26.7 Å². The average molecular weight is 470 g/mol. The Morgan fingerprint density at radius 3 is 1.42 bits per heavy atom. The molecule has 1 fully saturated rings. The highest BCUT2D eigenvalue weighted by molar-refractivity contribution is 7.90. The van der Waals surface area contributed by atoms with Crippen molar-refractivity contribution in [2.45, 2.75) is 23.6 Å². The molecular formula is C17H18N4O8S2. The fourth-order valence-electron chi connectivity index (χ4n) is 3.12. The van der Waals surface area contributed by atoms with Crippen molar-refractivity contribution in [1.29, 1.82) is 0 Å². The van der Waals surface area contributed by atoms with Gasteiger partial charge in [0.1, 0.15) is 0 Å². The standard InChI is InChI=1S/C17H18N4O8S2/c1-12-3-5-14(9-16(12)20(22)23)30(26,27)18-7-8-19(11-18)31(28,29)15-6-4-13(2)17(10-15)21(24)25/h3-6,9-10H,7-8,11H2,1-2H3. The van der Waals surface area contributed by atoms with E-state index in [1.165, 1.54) is 38.1 Å². The van der Waals surface area contributed by atoms with Gasteiger partial charge >= 0.3 is 0 Å². The van der Waals surface area contributed by atoms with Gasteiger partial charge in [0.15, 0.2) is 0 Å². The monoisotopic (exact) mass is 470 g/mol. The van der Waals surface area contributed by atoms with Crippen LogP contribution in [0.4, 0.5) is 11.4 Å². The van der Waals surface area contributed by atoms with Gasteiger partial charge in [0, 0.05) is 36.3 Å². The minimum absolute atomic E-state index is 0.169. The minimum Gasteiger partial charge on any atom is -0.258 e. The molecule has 166 valence electrons. The van der Waals surface area contributed by atoms with E-state index in [2.05, 4.69) is 0 Å². The fourth-order valence-corrected chi connectivity index (χ4v) is 6.02. The summed E-state index contributed by atoms with van der Waals surface area (Å²) in [5.41, 5.74) is -0.153. The zero-order valence-electron chi connectivity index (χ0n) is 16.5. The van der Waals surface area contributed by atoms with E-state index in [1.807, 2.05) is 0 Å². The van der Waals surface area contributed by atoms with Gasteiger partial charge in [-0.15, -0.1) is 0 Å². The molecule has 0 bridgehead atoms. The second-order valence-electron chi connectivity index (χ2n) is 6.91. The maximum absolute atomic E-state index is 12.9. The maximum Gasteiger partial charge on any atom is 0.273 e. The van der Waals surface area contributed by atoms with Gasteiger partial charge in [-0.3, -0.25) is 20.2 Å². The number of nitro groups is 2. The van der Waals surface area contributed by atoms with Crippen molar-refractivity contribution in [3.8, 4) is 0 Å². The lowest BCUT2D eigenvalue weighted by Crippen LogP contribution is -2.34. The van der Waals surface area contributed by atoms with Gasteiger partial charge in [-0.25, -0.2) is 16.8 Å². The molecule has 0 unspecified atom stereocenters. The first-order valence-corrected chi connectivity index (χ1v) is 11.7. The fraction of sp³-hybridized carbons (Fsp3) is 0.294. The van der Waals surface area contributed by atoms with E-state index in [9.17, 15) is 37.1 Å². The second kappa shape index (κ2) is 7.96. The molecule has 0 atom stereocenters. The van der Waals surface area contributed by atoms with E-state index in [0.717, 1.165) is 20.7 Å². The molecule has 1 aliphatic heterocycles. The Morgan fingerprint density at radius 2 is 1.10 bits per heavy atom. The SMILES string of the molecule is Cc1ccc(S(=O)(=O)N2CCN(S(=O)(=O)c3ccc(C)c([N+](=O)[O-])c3)C2)cc1[N+](=O)[O-]. The summed E-state index contributed by atoms with van der Waals surface area (Å²) in [4.78, 5) is 20.2. The second-order valence-corrected chi connectivity index (χ2v) is 10.8. The molecule has 2 aromatic rings. The summed E-state index contributed by atoms with van der Waals surface area (Å²) >= 11 is 0. The number of sulfonamides is 2. The summed E-state index contributed by atoms with van der Waals surface area (Å²) in [6.45, 7) is 2.08. The van der Waals surface area contributed by atoms with Crippen LogP contribution in [0.1, 0.15) is 11.1 Å². The van der Waals surface area contributed by atoms with Crippen molar-refractivity contribution in [3.63, 3.8) is 0 Å². The predicted octanol–water partition coefficient (Wildman–Crippen LogP) is 1.77. The molecule has 0 aromatic heterocycles. The highest BCUT2D eigenvalue weighted by Crippen LogP contribution is 2.29. The number of rotatable bonds is 6. The molecule has 0 radical (unpaired) electrons. The molecule has 2 aromatic carbocycles. The lowest BCUT2D eigenvalue weighted by molar-refractivity contribution is -0.385. The topological polar surface area (TPSA) is 161 Å². The summed E-state index contributed by atoms with van der Waals surface area (Å²) < 4.78 is 53.4. The maximum atomic E-state index is 12.9. The van der Waals surface area contributed by atoms with Gasteiger partial charge in [-0.1, -0.05) is 12.1 Å². The lowest BCUT2D eigenvalue weighted by Gasteiger charge is -2.18. The minimum atomic E-state index is -4.20. The molecule has 0 N–H and O–H groups in total. The zero-order chi connectivity index (χ0) is 23.1. The summed E-state index contributed by atoms with van der Waals surface area (Å²) in [5.74, 6) is 0. The third-order valence-electron chi connectivity index (χ3n) is 4.94. The average Bonchev–Trinajstić information content (AvgIpc) is 3.20. The number of nitrogens with zero attached hydrogens (tertiary/aromatic N) is 4. The number of benzene rings is 2. The highest BCUT2D eigenvalue weighted by Gasteiger charge is 2.38. The third kappa shape index (κ3) is 4.14. The molecule has 12 nitrogen and oxygen atoms in total. The number of aryl methyl sites for hydroxylation is 2. The number of hydrogen-bond acceptors (Lipinski definition) is 8. The quantitative estimate of drug-likeness (QED) is 0.456. The van der Waals surface area contributed by atoms with Gasteiger partial charge in [-0.05, 0) is 26.0 Å². The Labute approximate surface area is 178 Å². The summed E-state index contributed by atoms with van der Waals surface area (Å²) in [7, 11) is -8.40. The Balaban J connectivity index is 1.90. The Kier molecular flexibility index (Phi) is 5.84. The molecule has 0 saturated carbocycles. The first kappa shape index (κ1) is 22.7. The Hall–Kier alpha value is -2.94. The van der Waals surface area contributed by atoms with Crippen molar-refractivity contribution in [2.75, 3.05) is 19.8 Å². The molecule has 31 heavy (non-hydrogen) atoms. The van der Waals surface area contributed by atoms with Crippen molar-refractivity contribution in [1.82, 2.24) is 8.61 Å².